The Balaban J connectivity index is 2.37. The third-order valence-electron chi connectivity index (χ3n) is 2.83. The molecular formula is C15H14FIO. The number of halogens is 2. The van der Waals surface area contributed by atoms with Gasteiger partial charge in [-0.3, -0.25) is 0 Å². The van der Waals surface area contributed by atoms with Crippen molar-refractivity contribution >= 4 is 22.6 Å². The molecule has 2 aromatic carbocycles. The van der Waals surface area contributed by atoms with Gasteiger partial charge >= 0.3 is 0 Å². The van der Waals surface area contributed by atoms with E-state index < -0.39 is 0 Å². The van der Waals surface area contributed by atoms with E-state index in [0.717, 1.165) is 27.7 Å². The molecule has 0 aliphatic rings. The molecule has 2 aromatic rings. The highest BCUT2D eigenvalue weighted by atomic mass is 127. The minimum Gasteiger partial charge on any atom is -0.496 e. The van der Waals surface area contributed by atoms with Crippen molar-refractivity contribution in [3.63, 3.8) is 0 Å². The summed E-state index contributed by atoms with van der Waals surface area (Å²) >= 11 is 2.35. The van der Waals surface area contributed by atoms with Crippen LogP contribution in [0.2, 0.25) is 0 Å². The van der Waals surface area contributed by atoms with E-state index in [1.165, 1.54) is 17.7 Å². The predicted octanol–water partition coefficient (Wildman–Crippen LogP) is 4.48. The first kappa shape index (κ1) is 13.3. The van der Waals surface area contributed by atoms with E-state index in [2.05, 4.69) is 34.7 Å². The van der Waals surface area contributed by atoms with Gasteiger partial charge < -0.3 is 4.74 Å². The van der Waals surface area contributed by atoms with Crippen LogP contribution in [0.15, 0.2) is 42.5 Å². The molecule has 1 nitrogen and oxygen atoms in total. The Kier molecular flexibility index (Phi) is 4.58. The Hall–Kier alpha value is -1.10. The topological polar surface area (TPSA) is 9.23 Å². The molecule has 0 fully saturated rings. The van der Waals surface area contributed by atoms with Crippen LogP contribution in [0, 0.1) is 5.82 Å². The molecule has 0 aliphatic heterocycles. The van der Waals surface area contributed by atoms with Crippen LogP contribution in [0.25, 0.3) is 11.1 Å². The van der Waals surface area contributed by atoms with Crippen LogP contribution in [0.4, 0.5) is 4.39 Å². The van der Waals surface area contributed by atoms with Gasteiger partial charge in [-0.15, -0.1) is 0 Å². The lowest BCUT2D eigenvalue weighted by atomic mass is 10.0. The fraction of sp³-hybridized carbons (Fsp3) is 0.200. The van der Waals surface area contributed by atoms with Crippen molar-refractivity contribution in [1.82, 2.24) is 0 Å². The standard InChI is InChI=1S/C15H14FIO/c1-18-15-10-13(3-2-12(15)8-9-17)11-4-6-14(16)7-5-11/h2-7,10H,8-9H2,1H3. The average molecular weight is 356 g/mol. The summed E-state index contributed by atoms with van der Waals surface area (Å²) < 4.78 is 19.4. The zero-order chi connectivity index (χ0) is 13.0. The zero-order valence-electron chi connectivity index (χ0n) is 10.1. The number of hydrogen-bond donors (Lipinski definition) is 0. The van der Waals surface area contributed by atoms with Crippen LogP contribution >= 0.6 is 22.6 Å². The zero-order valence-corrected chi connectivity index (χ0v) is 12.3. The van der Waals surface area contributed by atoms with Gasteiger partial charge in [0, 0.05) is 4.43 Å². The van der Waals surface area contributed by atoms with E-state index in [-0.39, 0.29) is 5.82 Å². The van der Waals surface area contributed by atoms with Crippen molar-refractivity contribution in [2.45, 2.75) is 6.42 Å². The van der Waals surface area contributed by atoms with Crippen molar-refractivity contribution in [1.29, 1.82) is 0 Å². The van der Waals surface area contributed by atoms with Crippen molar-refractivity contribution < 1.29 is 9.13 Å². The summed E-state index contributed by atoms with van der Waals surface area (Å²) in [6, 6.07) is 12.6. The number of aryl methyl sites for hydroxylation is 1. The maximum absolute atomic E-state index is 12.9. The smallest absolute Gasteiger partial charge is 0.123 e. The first-order chi connectivity index (χ1) is 8.74. The van der Waals surface area contributed by atoms with Gasteiger partial charge in [0.25, 0.3) is 0 Å². The van der Waals surface area contributed by atoms with Crippen LogP contribution in [0.5, 0.6) is 5.75 Å². The van der Waals surface area contributed by atoms with Crippen LogP contribution in [0.1, 0.15) is 5.56 Å². The molecule has 0 saturated heterocycles. The van der Waals surface area contributed by atoms with Crippen molar-refractivity contribution in [3.8, 4) is 16.9 Å². The number of methoxy groups -OCH3 is 1. The first-order valence-electron chi connectivity index (χ1n) is 5.73. The van der Waals surface area contributed by atoms with Crippen LogP contribution in [-0.4, -0.2) is 11.5 Å². The SMILES string of the molecule is COc1cc(-c2ccc(F)cc2)ccc1CCI. The second-order valence-corrected chi connectivity index (χ2v) is 5.05. The third kappa shape index (κ3) is 3.02. The van der Waals surface area contributed by atoms with Crippen molar-refractivity contribution in [3.05, 3.63) is 53.8 Å². The second-order valence-electron chi connectivity index (χ2n) is 3.97. The molecule has 0 aromatic heterocycles. The minimum absolute atomic E-state index is 0.216. The van der Waals surface area contributed by atoms with E-state index in [0.29, 0.717) is 0 Å². The molecule has 0 bridgehead atoms. The lowest BCUT2D eigenvalue weighted by molar-refractivity contribution is 0.410. The molecule has 0 aliphatic carbocycles. The Morgan fingerprint density at radius 2 is 1.72 bits per heavy atom. The van der Waals surface area contributed by atoms with Gasteiger partial charge in [0.2, 0.25) is 0 Å². The van der Waals surface area contributed by atoms with Gasteiger partial charge in [0.1, 0.15) is 11.6 Å². The van der Waals surface area contributed by atoms with Crippen LogP contribution in [-0.2, 0) is 6.42 Å². The lowest BCUT2D eigenvalue weighted by Crippen LogP contribution is -1.93. The predicted molar refractivity (Wildman–Crippen MR) is 81.0 cm³/mol. The number of hydrogen-bond acceptors (Lipinski definition) is 1. The molecule has 0 unspecified atom stereocenters. The summed E-state index contributed by atoms with van der Waals surface area (Å²) in [6.45, 7) is 0. The number of alkyl halides is 1. The summed E-state index contributed by atoms with van der Waals surface area (Å²) in [5.74, 6) is 0.681. The first-order valence-corrected chi connectivity index (χ1v) is 7.26. The molecule has 18 heavy (non-hydrogen) atoms. The highest BCUT2D eigenvalue weighted by molar-refractivity contribution is 14.1. The van der Waals surface area contributed by atoms with E-state index in [4.69, 9.17) is 4.74 Å². The molecule has 0 amide bonds. The Bertz CT molecular complexity index is 523. The maximum atomic E-state index is 12.9. The van der Waals surface area contributed by atoms with E-state index >= 15 is 0 Å². The number of benzene rings is 2. The van der Waals surface area contributed by atoms with Crippen molar-refractivity contribution in [2.75, 3.05) is 11.5 Å². The summed E-state index contributed by atoms with van der Waals surface area (Å²) in [6.07, 6.45) is 0.993. The quantitative estimate of drug-likeness (QED) is 0.580. The Labute approximate surface area is 120 Å². The van der Waals surface area contributed by atoms with Gasteiger partial charge in [-0.25, -0.2) is 4.39 Å². The summed E-state index contributed by atoms with van der Waals surface area (Å²) in [7, 11) is 1.68. The van der Waals surface area contributed by atoms with E-state index in [1.807, 2.05) is 6.07 Å². The monoisotopic (exact) mass is 356 g/mol. The maximum Gasteiger partial charge on any atom is 0.123 e. The van der Waals surface area contributed by atoms with Crippen LogP contribution in [0.3, 0.4) is 0 Å². The second kappa shape index (κ2) is 6.18. The highest BCUT2D eigenvalue weighted by Gasteiger charge is 2.05. The normalized spacial score (nSPS) is 10.4. The van der Waals surface area contributed by atoms with Crippen LogP contribution < -0.4 is 4.74 Å². The Morgan fingerprint density at radius 1 is 1.06 bits per heavy atom. The molecule has 0 saturated carbocycles. The number of ether oxygens (including phenoxy) is 1. The van der Waals surface area contributed by atoms with Gasteiger partial charge in [-0.05, 0) is 41.3 Å². The lowest BCUT2D eigenvalue weighted by Gasteiger charge is -2.10. The summed E-state index contributed by atoms with van der Waals surface area (Å²) in [4.78, 5) is 0. The molecule has 0 atom stereocenters. The van der Waals surface area contributed by atoms with Gasteiger partial charge in [-0.1, -0.05) is 46.9 Å². The van der Waals surface area contributed by atoms with E-state index in [9.17, 15) is 4.39 Å². The largest absolute Gasteiger partial charge is 0.496 e. The van der Waals surface area contributed by atoms with Gasteiger partial charge in [0.15, 0.2) is 0 Å². The summed E-state index contributed by atoms with van der Waals surface area (Å²) in [5.41, 5.74) is 3.25. The van der Waals surface area contributed by atoms with E-state index in [1.54, 1.807) is 19.2 Å². The molecule has 0 radical (unpaired) electrons. The molecule has 0 spiro atoms. The Morgan fingerprint density at radius 3 is 2.33 bits per heavy atom. The minimum atomic E-state index is -0.216. The molecule has 94 valence electrons. The molecule has 2 rings (SSSR count). The van der Waals surface area contributed by atoms with Gasteiger partial charge in [-0.2, -0.15) is 0 Å². The molecule has 0 N–H and O–H groups in total. The highest BCUT2D eigenvalue weighted by Crippen LogP contribution is 2.28. The fourth-order valence-electron chi connectivity index (χ4n) is 1.87. The number of rotatable bonds is 4. The molecule has 3 heteroatoms. The third-order valence-corrected chi connectivity index (χ3v) is 3.37. The molecule has 0 heterocycles. The van der Waals surface area contributed by atoms with Gasteiger partial charge in [0.05, 0.1) is 7.11 Å². The average Bonchev–Trinajstić information content (AvgIpc) is 2.40. The van der Waals surface area contributed by atoms with Crippen molar-refractivity contribution in [2.24, 2.45) is 0 Å². The fourth-order valence-corrected chi connectivity index (χ4v) is 2.46. The molecular weight excluding hydrogens is 342 g/mol. The summed E-state index contributed by atoms with van der Waals surface area (Å²) in [5, 5.41) is 0.